The normalized spacial score (nSPS) is 13.8. The van der Waals surface area contributed by atoms with Crippen molar-refractivity contribution in [3.63, 3.8) is 0 Å². The third kappa shape index (κ3) is 4.94. The van der Waals surface area contributed by atoms with Crippen LogP contribution >= 0.6 is 0 Å². The smallest absolute Gasteiger partial charge is 0.129 e. The highest BCUT2D eigenvalue weighted by molar-refractivity contribution is 5.88. The van der Waals surface area contributed by atoms with Gasteiger partial charge in [-0.1, -0.05) is 48.5 Å². The van der Waals surface area contributed by atoms with Gasteiger partial charge < -0.3 is 19.7 Å². The van der Waals surface area contributed by atoms with Gasteiger partial charge in [0.05, 0.1) is 13.2 Å². The average Bonchev–Trinajstić information content (AvgIpc) is 2.88. The molecule has 33 heavy (non-hydrogen) atoms. The van der Waals surface area contributed by atoms with Crippen molar-refractivity contribution in [2.24, 2.45) is 0 Å². The lowest BCUT2D eigenvalue weighted by atomic mass is 10.0. The van der Waals surface area contributed by atoms with E-state index in [1.165, 1.54) is 11.8 Å². The molecule has 0 atom stereocenters. The van der Waals surface area contributed by atoms with Crippen molar-refractivity contribution in [3.05, 3.63) is 102 Å². The molecule has 168 valence electrons. The Bertz CT molecular complexity index is 1220. The lowest BCUT2D eigenvalue weighted by Gasteiger charge is -2.29. The highest BCUT2D eigenvalue weighted by Crippen LogP contribution is 2.30. The molecule has 0 saturated carbocycles. The van der Waals surface area contributed by atoms with Crippen molar-refractivity contribution in [3.8, 4) is 5.75 Å². The molecule has 1 fully saturated rings. The maximum atomic E-state index is 14.1. The van der Waals surface area contributed by atoms with E-state index in [-0.39, 0.29) is 12.4 Å². The van der Waals surface area contributed by atoms with E-state index in [2.05, 4.69) is 46.6 Å². The number of morpholine rings is 1. The number of nitrogens with zero attached hydrogens (tertiary/aromatic N) is 1. The van der Waals surface area contributed by atoms with Crippen molar-refractivity contribution in [1.82, 2.24) is 0 Å². The minimum atomic E-state index is -0.252. The molecular formula is C28H27FN2O2. The van der Waals surface area contributed by atoms with E-state index < -0.39 is 0 Å². The largest absolute Gasteiger partial charge is 0.488 e. The molecule has 4 nitrogen and oxygen atoms in total. The fourth-order valence-corrected chi connectivity index (χ4v) is 4.21. The molecule has 1 saturated heterocycles. The quantitative estimate of drug-likeness (QED) is 0.380. The van der Waals surface area contributed by atoms with E-state index in [4.69, 9.17) is 9.47 Å². The number of nitrogens with one attached hydrogen (secondary N) is 1. The van der Waals surface area contributed by atoms with Crippen molar-refractivity contribution in [2.45, 2.75) is 13.2 Å². The number of hydrogen-bond donors (Lipinski definition) is 1. The van der Waals surface area contributed by atoms with Crippen LogP contribution in [0.1, 0.15) is 11.1 Å². The van der Waals surface area contributed by atoms with Crippen LogP contribution in [0.15, 0.2) is 84.9 Å². The van der Waals surface area contributed by atoms with Crippen LogP contribution in [0.4, 0.5) is 15.8 Å². The summed E-state index contributed by atoms with van der Waals surface area (Å²) in [4.78, 5) is 2.34. The van der Waals surface area contributed by atoms with Crippen molar-refractivity contribution >= 4 is 22.1 Å². The first-order chi connectivity index (χ1) is 16.3. The van der Waals surface area contributed by atoms with Crippen LogP contribution in [-0.4, -0.2) is 26.3 Å². The summed E-state index contributed by atoms with van der Waals surface area (Å²) in [6.45, 7) is 4.18. The van der Waals surface area contributed by atoms with Gasteiger partial charge in [0, 0.05) is 42.1 Å². The van der Waals surface area contributed by atoms with Crippen LogP contribution in [0.3, 0.4) is 0 Å². The molecule has 0 bridgehead atoms. The Hall–Kier alpha value is -3.57. The highest BCUT2D eigenvalue weighted by atomic mass is 19.1. The number of anilines is 2. The molecule has 1 N–H and O–H groups in total. The van der Waals surface area contributed by atoms with Crippen LogP contribution in [0.5, 0.6) is 5.75 Å². The van der Waals surface area contributed by atoms with E-state index in [1.54, 1.807) is 12.1 Å². The fourth-order valence-electron chi connectivity index (χ4n) is 4.21. The van der Waals surface area contributed by atoms with Gasteiger partial charge in [-0.2, -0.15) is 0 Å². The summed E-state index contributed by atoms with van der Waals surface area (Å²) < 4.78 is 25.6. The summed E-state index contributed by atoms with van der Waals surface area (Å²) in [5, 5.41) is 5.81. The summed E-state index contributed by atoms with van der Waals surface area (Å²) >= 11 is 0. The Morgan fingerprint density at radius 2 is 1.61 bits per heavy atom. The zero-order chi connectivity index (χ0) is 22.5. The van der Waals surface area contributed by atoms with Gasteiger partial charge in [0.15, 0.2) is 0 Å². The van der Waals surface area contributed by atoms with Crippen molar-refractivity contribution in [2.75, 3.05) is 36.5 Å². The molecule has 1 heterocycles. The van der Waals surface area contributed by atoms with Gasteiger partial charge in [-0.3, -0.25) is 0 Å². The van der Waals surface area contributed by atoms with Crippen LogP contribution < -0.4 is 15.0 Å². The fraction of sp³-hybridized carbons (Fsp3) is 0.214. The summed E-state index contributed by atoms with van der Waals surface area (Å²) in [5.41, 5.74) is 3.85. The number of ether oxygens (including phenoxy) is 2. The van der Waals surface area contributed by atoms with Crippen LogP contribution in [0.2, 0.25) is 0 Å². The van der Waals surface area contributed by atoms with Crippen LogP contribution in [0, 0.1) is 5.82 Å². The Labute approximate surface area is 193 Å². The second-order valence-corrected chi connectivity index (χ2v) is 8.14. The number of rotatable bonds is 7. The highest BCUT2D eigenvalue weighted by Gasteiger charge is 2.12. The Morgan fingerprint density at radius 1 is 0.848 bits per heavy atom. The summed E-state index contributed by atoms with van der Waals surface area (Å²) in [6.07, 6.45) is 0. The molecule has 0 aromatic heterocycles. The van der Waals surface area contributed by atoms with Crippen molar-refractivity contribution in [1.29, 1.82) is 0 Å². The predicted octanol–water partition coefficient (Wildman–Crippen LogP) is 6.01. The van der Waals surface area contributed by atoms with E-state index in [9.17, 15) is 4.39 Å². The number of benzene rings is 4. The van der Waals surface area contributed by atoms with Gasteiger partial charge in [0.25, 0.3) is 0 Å². The van der Waals surface area contributed by atoms with E-state index in [0.717, 1.165) is 54.1 Å². The maximum absolute atomic E-state index is 14.1. The predicted molar refractivity (Wildman–Crippen MR) is 131 cm³/mol. The van der Waals surface area contributed by atoms with Crippen LogP contribution in [0.25, 0.3) is 10.8 Å². The molecule has 0 spiro atoms. The van der Waals surface area contributed by atoms with Crippen molar-refractivity contribution < 1.29 is 13.9 Å². The van der Waals surface area contributed by atoms with Gasteiger partial charge in [-0.25, -0.2) is 4.39 Å². The molecule has 5 heteroatoms. The first kappa shape index (κ1) is 21.3. The van der Waals surface area contributed by atoms with E-state index >= 15 is 0 Å². The number of fused-ring (bicyclic) bond motifs is 1. The zero-order valence-electron chi connectivity index (χ0n) is 18.5. The van der Waals surface area contributed by atoms with E-state index in [0.29, 0.717) is 12.1 Å². The van der Waals surface area contributed by atoms with E-state index in [1.807, 2.05) is 30.3 Å². The topological polar surface area (TPSA) is 33.7 Å². The maximum Gasteiger partial charge on any atom is 0.129 e. The average molecular weight is 443 g/mol. The second-order valence-electron chi connectivity index (χ2n) is 8.14. The first-order valence-electron chi connectivity index (χ1n) is 11.3. The summed E-state index contributed by atoms with van der Waals surface area (Å²) in [6, 6.07) is 27.5. The second kappa shape index (κ2) is 9.92. The zero-order valence-corrected chi connectivity index (χ0v) is 18.5. The molecule has 4 aromatic rings. The van der Waals surface area contributed by atoms with Crippen LogP contribution in [-0.2, 0) is 17.9 Å². The molecule has 0 aliphatic carbocycles. The minimum absolute atomic E-state index is 0.187. The van der Waals surface area contributed by atoms with Gasteiger partial charge in [0.2, 0.25) is 0 Å². The monoisotopic (exact) mass is 442 g/mol. The van der Waals surface area contributed by atoms with Gasteiger partial charge in [0.1, 0.15) is 18.2 Å². The standard InChI is InChI=1S/C28H27FN2O2/c29-27-8-4-2-6-22(27)20-33-28-14-9-21-5-1-3-7-25(21)26(28)19-30-23-10-12-24(13-11-23)31-15-17-32-18-16-31/h1-14,30H,15-20H2. The first-order valence-corrected chi connectivity index (χ1v) is 11.3. The lowest BCUT2D eigenvalue weighted by molar-refractivity contribution is 0.122. The molecule has 1 aliphatic heterocycles. The number of halogens is 1. The van der Waals surface area contributed by atoms with Gasteiger partial charge in [-0.05, 0) is 47.2 Å². The molecule has 0 amide bonds. The Morgan fingerprint density at radius 3 is 2.42 bits per heavy atom. The third-order valence-corrected chi connectivity index (χ3v) is 6.05. The summed E-state index contributed by atoms with van der Waals surface area (Å²) in [7, 11) is 0. The van der Waals surface area contributed by atoms with Gasteiger partial charge in [-0.15, -0.1) is 0 Å². The minimum Gasteiger partial charge on any atom is -0.488 e. The Balaban J connectivity index is 1.35. The molecule has 4 aromatic carbocycles. The third-order valence-electron chi connectivity index (χ3n) is 6.05. The number of hydrogen-bond acceptors (Lipinski definition) is 4. The molecular weight excluding hydrogens is 415 g/mol. The molecule has 1 aliphatic rings. The molecule has 5 rings (SSSR count). The molecule has 0 unspecified atom stereocenters. The van der Waals surface area contributed by atoms with Gasteiger partial charge >= 0.3 is 0 Å². The SMILES string of the molecule is Fc1ccccc1COc1ccc2ccccc2c1CNc1ccc(N2CCOCC2)cc1. The molecule has 0 radical (unpaired) electrons. The summed E-state index contributed by atoms with van der Waals surface area (Å²) in [5.74, 6) is 0.507. The Kier molecular flexibility index (Phi) is 6.40. The lowest BCUT2D eigenvalue weighted by Crippen LogP contribution is -2.36.